The predicted molar refractivity (Wildman–Crippen MR) is 93.9 cm³/mol. The van der Waals surface area contributed by atoms with Crippen LogP contribution in [0.3, 0.4) is 0 Å². The molecule has 0 aliphatic carbocycles. The van der Waals surface area contributed by atoms with Crippen molar-refractivity contribution in [3.05, 3.63) is 59.2 Å². The third-order valence-electron chi connectivity index (χ3n) is 4.46. The molecule has 2 aromatic carbocycles. The highest BCUT2D eigenvalue weighted by atomic mass is 19.4. The van der Waals surface area contributed by atoms with Crippen LogP contribution in [0.5, 0.6) is 11.5 Å². The summed E-state index contributed by atoms with van der Waals surface area (Å²) < 4.78 is 46.2. The third kappa shape index (κ3) is 4.41. The average Bonchev–Trinajstić information content (AvgIpc) is 3.11. The minimum atomic E-state index is -4.83. The van der Waals surface area contributed by atoms with Crippen LogP contribution in [-0.4, -0.2) is 23.9 Å². The fourth-order valence-electron chi connectivity index (χ4n) is 2.94. The van der Waals surface area contributed by atoms with Crippen molar-refractivity contribution >= 4 is 5.91 Å². The van der Waals surface area contributed by atoms with Gasteiger partial charge in [0.15, 0.2) is 5.54 Å². The van der Waals surface area contributed by atoms with E-state index in [4.69, 9.17) is 10.00 Å². The molecule has 1 aliphatic rings. The number of nitrogens with one attached hydrogen (secondary N) is 1. The number of hydrogen-bond acceptors (Lipinski definition) is 5. The molecule has 0 saturated carbocycles. The van der Waals surface area contributed by atoms with Gasteiger partial charge in [0.05, 0.1) is 17.7 Å². The van der Waals surface area contributed by atoms with Gasteiger partial charge in [-0.1, -0.05) is 0 Å². The maximum Gasteiger partial charge on any atom is 0.573 e. The minimum Gasteiger partial charge on any atom is -0.486 e. The first kappa shape index (κ1) is 20.0. The van der Waals surface area contributed by atoms with E-state index in [9.17, 15) is 23.2 Å². The average molecular weight is 401 g/mol. The molecule has 0 bridgehead atoms. The summed E-state index contributed by atoms with van der Waals surface area (Å²) in [6, 6.07) is 13.3. The van der Waals surface area contributed by atoms with E-state index in [1.165, 1.54) is 6.92 Å². The van der Waals surface area contributed by atoms with Crippen LogP contribution in [0, 0.1) is 22.7 Å². The Labute approximate surface area is 164 Å². The summed E-state index contributed by atoms with van der Waals surface area (Å²) in [5, 5.41) is 21.2. The summed E-state index contributed by atoms with van der Waals surface area (Å²) in [6.45, 7) is 1.49. The van der Waals surface area contributed by atoms with Crippen molar-refractivity contribution in [2.75, 3.05) is 0 Å². The topological polar surface area (TPSA) is 95.1 Å². The Hall–Kier alpha value is -3.72. The Kier molecular flexibility index (Phi) is 5.08. The summed E-state index contributed by atoms with van der Waals surface area (Å²) in [5.41, 5.74) is -0.150. The molecule has 0 radical (unpaired) electrons. The molecule has 1 aliphatic heterocycles. The normalized spacial score (nSPS) is 17.1. The van der Waals surface area contributed by atoms with Crippen LogP contribution in [0.4, 0.5) is 13.2 Å². The zero-order valence-corrected chi connectivity index (χ0v) is 15.1. The van der Waals surface area contributed by atoms with Gasteiger partial charge in [-0.2, -0.15) is 10.5 Å². The number of alkyl halides is 3. The number of ether oxygens (including phenoxy) is 2. The van der Waals surface area contributed by atoms with E-state index in [1.807, 2.05) is 12.1 Å². The van der Waals surface area contributed by atoms with E-state index in [0.29, 0.717) is 17.7 Å². The second-order valence-electron chi connectivity index (χ2n) is 6.59. The van der Waals surface area contributed by atoms with Gasteiger partial charge in [-0.05, 0) is 55.0 Å². The van der Waals surface area contributed by atoms with Crippen LogP contribution < -0.4 is 14.8 Å². The SMILES string of the molecule is CC(C#N)(NC(=O)c1ccc(OC(F)(F)F)cc1)C1Cc2cc(C#N)ccc2O1. The van der Waals surface area contributed by atoms with Gasteiger partial charge in [0.2, 0.25) is 0 Å². The van der Waals surface area contributed by atoms with Gasteiger partial charge in [0, 0.05) is 12.0 Å². The fourth-order valence-corrected chi connectivity index (χ4v) is 2.94. The fraction of sp³-hybridized carbons (Fsp3) is 0.250. The molecule has 1 N–H and O–H groups in total. The molecule has 2 unspecified atom stereocenters. The van der Waals surface area contributed by atoms with Gasteiger partial charge in [-0.25, -0.2) is 0 Å². The summed E-state index contributed by atoms with van der Waals surface area (Å²) in [7, 11) is 0. The van der Waals surface area contributed by atoms with Crippen LogP contribution in [0.25, 0.3) is 0 Å². The molecule has 1 amide bonds. The van der Waals surface area contributed by atoms with E-state index in [0.717, 1.165) is 29.8 Å². The van der Waals surface area contributed by atoms with Crippen molar-refractivity contribution in [2.24, 2.45) is 0 Å². The molecular formula is C20H14F3N3O3. The first-order chi connectivity index (χ1) is 13.6. The number of carbonyl (C=O) groups is 1. The molecule has 3 rings (SSSR count). The van der Waals surface area contributed by atoms with Crippen molar-refractivity contribution in [3.63, 3.8) is 0 Å². The lowest BCUT2D eigenvalue weighted by molar-refractivity contribution is -0.274. The Morgan fingerprint density at radius 3 is 2.48 bits per heavy atom. The number of amides is 1. The molecule has 2 atom stereocenters. The Morgan fingerprint density at radius 2 is 1.90 bits per heavy atom. The van der Waals surface area contributed by atoms with Gasteiger partial charge in [-0.15, -0.1) is 13.2 Å². The van der Waals surface area contributed by atoms with E-state index < -0.39 is 29.7 Å². The number of halogens is 3. The molecule has 6 nitrogen and oxygen atoms in total. The van der Waals surface area contributed by atoms with Crippen molar-refractivity contribution < 1.29 is 27.4 Å². The van der Waals surface area contributed by atoms with E-state index in [2.05, 4.69) is 10.1 Å². The number of hydrogen-bond donors (Lipinski definition) is 1. The lowest BCUT2D eigenvalue weighted by atomic mass is 9.92. The van der Waals surface area contributed by atoms with Crippen molar-refractivity contribution in [3.8, 4) is 23.6 Å². The zero-order valence-electron chi connectivity index (χ0n) is 15.1. The van der Waals surface area contributed by atoms with Crippen LogP contribution >= 0.6 is 0 Å². The van der Waals surface area contributed by atoms with Crippen LogP contribution in [-0.2, 0) is 6.42 Å². The second kappa shape index (κ2) is 7.36. The number of carbonyl (C=O) groups excluding carboxylic acids is 1. The number of fused-ring (bicyclic) bond motifs is 1. The number of nitriles is 2. The lowest BCUT2D eigenvalue weighted by Crippen LogP contribution is -2.55. The van der Waals surface area contributed by atoms with Crippen molar-refractivity contribution in [2.45, 2.75) is 31.3 Å². The van der Waals surface area contributed by atoms with Gasteiger partial charge < -0.3 is 14.8 Å². The largest absolute Gasteiger partial charge is 0.573 e. The Balaban J connectivity index is 1.73. The first-order valence-corrected chi connectivity index (χ1v) is 8.43. The highest BCUT2D eigenvalue weighted by molar-refractivity contribution is 5.95. The third-order valence-corrected chi connectivity index (χ3v) is 4.46. The summed E-state index contributed by atoms with van der Waals surface area (Å²) in [4.78, 5) is 12.5. The standard InChI is InChI=1S/C20H14F3N3O3/c1-19(11-25,17-9-14-8-12(10-24)2-7-16(14)28-17)26-18(27)13-3-5-15(6-4-13)29-20(21,22)23/h2-8,17H,9H2,1H3,(H,26,27). The smallest absolute Gasteiger partial charge is 0.486 e. The summed E-state index contributed by atoms with van der Waals surface area (Å²) in [6.07, 6.45) is -5.22. The highest BCUT2D eigenvalue weighted by Crippen LogP contribution is 2.34. The van der Waals surface area contributed by atoms with E-state index in [1.54, 1.807) is 18.2 Å². The summed E-state index contributed by atoms with van der Waals surface area (Å²) in [5.74, 6) is -0.580. The quantitative estimate of drug-likeness (QED) is 0.847. The minimum absolute atomic E-state index is 0.0586. The van der Waals surface area contributed by atoms with E-state index in [-0.39, 0.29) is 5.56 Å². The molecule has 0 aromatic heterocycles. The zero-order chi connectivity index (χ0) is 21.2. The van der Waals surface area contributed by atoms with Gasteiger partial charge in [-0.3, -0.25) is 4.79 Å². The molecular weight excluding hydrogens is 387 g/mol. The highest BCUT2D eigenvalue weighted by Gasteiger charge is 2.42. The van der Waals surface area contributed by atoms with Crippen molar-refractivity contribution in [1.82, 2.24) is 5.32 Å². The van der Waals surface area contributed by atoms with Gasteiger partial charge in [0.1, 0.15) is 17.6 Å². The lowest BCUT2D eigenvalue weighted by Gasteiger charge is -2.29. The van der Waals surface area contributed by atoms with Crippen LogP contribution in [0.15, 0.2) is 42.5 Å². The number of benzene rings is 2. The monoisotopic (exact) mass is 401 g/mol. The summed E-state index contributed by atoms with van der Waals surface area (Å²) >= 11 is 0. The molecule has 2 aromatic rings. The maximum absolute atomic E-state index is 12.5. The van der Waals surface area contributed by atoms with E-state index >= 15 is 0 Å². The van der Waals surface area contributed by atoms with Gasteiger partial charge in [0.25, 0.3) is 5.91 Å². The first-order valence-electron chi connectivity index (χ1n) is 8.43. The molecule has 0 spiro atoms. The Bertz CT molecular complexity index is 1020. The van der Waals surface area contributed by atoms with Crippen LogP contribution in [0.1, 0.15) is 28.4 Å². The molecule has 1 heterocycles. The number of nitrogens with zero attached hydrogens (tertiary/aromatic N) is 2. The number of rotatable bonds is 4. The molecule has 0 saturated heterocycles. The molecule has 29 heavy (non-hydrogen) atoms. The predicted octanol–water partition coefficient (Wildman–Crippen LogP) is 3.47. The Morgan fingerprint density at radius 1 is 1.21 bits per heavy atom. The second-order valence-corrected chi connectivity index (χ2v) is 6.59. The molecule has 9 heteroatoms. The van der Waals surface area contributed by atoms with Crippen LogP contribution in [0.2, 0.25) is 0 Å². The molecule has 0 fully saturated rings. The van der Waals surface area contributed by atoms with Gasteiger partial charge >= 0.3 is 6.36 Å². The molecule has 148 valence electrons. The van der Waals surface area contributed by atoms with Crippen molar-refractivity contribution in [1.29, 1.82) is 10.5 Å². The maximum atomic E-state index is 12.5.